The minimum atomic E-state index is -0.736. The Kier molecular flexibility index (Phi) is 5.43. The fourth-order valence-corrected chi connectivity index (χ4v) is 1.80. The topological polar surface area (TPSA) is 46.5 Å². The second kappa shape index (κ2) is 6.84. The van der Waals surface area contributed by atoms with E-state index in [0.29, 0.717) is 6.42 Å². The predicted octanol–water partition coefficient (Wildman–Crippen LogP) is 3.58. The van der Waals surface area contributed by atoms with Crippen molar-refractivity contribution in [2.45, 2.75) is 33.1 Å². The molecule has 0 atom stereocenters. The first-order valence-corrected chi connectivity index (χ1v) is 6.08. The SMILES string of the molecule is COc1ccc(/C=C/CCCC(=O)O)c(C)c1C. The molecule has 0 saturated carbocycles. The highest BCUT2D eigenvalue weighted by Gasteiger charge is 2.04. The molecule has 0 bridgehead atoms. The van der Waals surface area contributed by atoms with Crippen LogP contribution < -0.4 is 4.74 Å². The zero-order valence-corrected chi connectivity index (χ0v) is 11.2. The first-order valence-electron chi connectivity index (χ1n) is 6.08. The maximum Gasteiger partial charge on any atom is 0.303 e. The third kappa shape index (κ3) is 3.91. The van der Waals surface area contributed by atoms with Gasteiger partial charge in [-0.15, -0.1) is 0 Å². The number of ether oxygens (including phenoxy) is 1. The summed E-state index contributed by atoms with van der Waals surface area (Å²) in [4.78, 5) is 10.4. The van der Waals surface area contributed by atoms with Gasteiger partial charge in [0.05, 0.1) is 7.11 Å². The molecule has 0 aliphatic carbocycles. The maximum atomic E-state index is 10.4. The van der Waals surface area contributed by atoms with E-state index in [1.165, 1.54) is 5.56 Å². The Morgan fingerprint density at radius 2 is 2.06 bits per heavy atom. The molecule has 0 aromatic heterocycles. The van der Waals surface area contributed by atoms with Crippen LogP contribution in [0.3, 0.4) is 0 Å². The van der Waals surface area contributed by atoms with Crippen molar-refractivity contribution >= 4 is 12.0 Å². The van der Waals surface area contributed by atoms with Gasteiger partial charge in [0.2, 0.25) is 0 Å². The van der Waals surface area contributed by atoms with Gasteiger partial charge in [-0.3, -0.25) is 4.79 Å². The lowest BCUT2D eigenvalue weighted by molar-refractivity contribution is -0.137. The average Bonchev–Trinajstić information content (AvgIpc) is 2.33. The molecule has 0 radical (unpaired) electrons. The number of hydrogen-bond donors (Lipinski definition) is 1. The smallest absolute Gasteiger partial charge is 0.303 e. The maximum absolute atomic E-state index is 10.4. The summed E-state index contributed by atoms with van der Waals surface area (Å²) in [7, 11) is 1.67. The van der Waals surface area contributed by atoms with Crippen LogP contribution >= 0.6 is 0 Å². The summed E-state index contributed by atoms with van der Waals surface area (Å²) in [6, 6.07) is 3.98. The van der Waals surface area contributed by atoms with Crippen molar-refractivity contribution in [2.24, 2.45) is 0 Å². The Morgan fingerprint density at radius 1 is 1.33 bits per heavy atom. The zero-order valence-electron chi connectivity index (χ0n) is 11.2. The van der Waals surface area contributed by atoms with Crippen molar-refractivity contribution in [1.82, 2.24) is 0 Å². The highest BCUT2D eigenvalue weighted by molar-refractivity contribution is 5.66. The molecule has 1 aromatic rings. The number of carboxylic acids is 1. The fraction of sp³-hybridized carbons (Fsp3) is 0.400. The highest BCUT2D eigenvalue weighted by atomic mass is 16.5. The van der Waals surface area contributed by atoms with Crippen LogP contribution in [-0.2, 0) is 4.79 Å². The summed E-state index contributed by atoms with van der Waals surface area (Å²) < 4.78 is 5.26. The van der Waals surface area contributed by atoms with E-state index in [9.17, 15) is 4.79 Å². The molecule has 0 amide bonds. The molecule has 0 spiro atoms. The van der Waals surface area contributed by atoms with E-state index in [2.05, 4.69) is 6.92 Å². The Balaban J connectivity index is 2.65. The third-order valence-electron chi connectivity index (χ3n) is 3.06. The normalized spacial score (nSPS) is 10.8. The first-order chi connectivity index (χ1) is 8.56. The van der Waals surface area contributed by atoms with Crippen molar-refractivity contribution in [1.29, 1.82) is 0 Å². The van der Waals surface area contributed by atoms with Gasteiger partial charge in [0.1, 0.15) is 5.75 Å². The summed E-state index contributed by atoms with van der Waals surface area (Å²) in [5, 5.41) is 8.53. The van der Waals surface area contributed by atoms with Gasteiger partial charge in [0.25, 0.3) is 0 Å². The lowest BCUT2D eigenvalue weighted by Gasteiger charge is -2.09. The Morgan fingerprint density at radius 3 is 2.67 bits per heavy atom. The van der Waals surface area contributed by atoms with Gasteiger partial charge in [0, 0.05) is 6.42 Å². The molecule has 0 fully saturated rings. The summed E-state index contributed by atoms with van der Waals surface area (Å²) in [5.41, 5.74) is 3.50. The van der Waals surface area contributed by atoms with Crippen molar-refractivity contribution in [3.05, 3.63) is 34.9 Å². The van der Waals surface area contributed by atoms with E-state index in [1.54, 1.807) is 7.11 Å². The van der Waals surface area contributed by atoms with Crippen LogP contribution in [0.15, 0.2) is 18.2 Å². The van der Waals surface area contributed by atoms with Crippen molar-refractivity contribution in [2.75, 3.05) is 7.11 Å². The Bertz CT molecular complexity index is 447. The molecule has 0 unspecified atom stereocenters. The fourth-order valence-electron chi connectivity index (χ4n) is 1.80. The van der Waals surface area contributed by atoms with Crippen molar-refractivity contribution in [3.8, 4) is 5.75 Å². The lowest BCUT2D eigenvalue weighted by Crippen LogP contribution is -1.93. The second-order valence-corrected chi connectivity index (χ2v) is 4.30. The number of hydrogen-bond acceptors (Lipinski definition) is 2. The zero-order chi connectivity index (χ0) is 13.5. The molecular formula is C15H20O3. The standard InChI is InChI=1S/C15H20O3/c1-11-12(2)14(18-3)10-9-13(11)7-5-4-6-8-15(16)17/h5,7,9-10H,4,6,8H2,1-3H3,(H,16,17)/b7-5+. The van der Waals surface area contributed by atoms with E-state index in [-0.39, 0.29) is 6.42 Å². The van der Waals surface area contributed by atoms with E-state index < -0.39 is 5.97 Å². The number of unbranched alkanes of at least 4 members (excludes halogenated alkanes) is 1. The molecule has 3 nitrogen and oxygen atoms in total. The average molecular weight is 248 g/mol. The molecular weight excluding hydrogens is 228 g/mol. The molecule has 1 aromatic carbocycles. The molecule has 0 saturated heterocycles. The van der Waals surface area contributed by atoms with Gasteiger partial charge in [-0.1, -0.05) is 18.2 Å². The Labute approximate surface area is 108 Å². The molecule has 3 heteroatoms. The monoisotopic (exact) mass is 248 g/mol. The number of carboxylic acid groups (broad SMARTS) is 1. The van der Waals surface area contributed by atoms with Crippen LogP contribution in [0.5, 0.6) is 5.75 Å². The van der Waals surface area contributed by atoms with Crippen LogP contribution in [0.25, 0.3) is 6.08 Å². The van der Waals surface area contributed by atoms with Gasteiger partial charge in [-0.25, -0.2) is 0 Å². The van der Waals surface area contributed by atoms with Gasteiger partial charge >= 0.3 is 5.97 Å². The molecule has 0 heterocycles. The predicted molar refractivity (Wildman–Crippen MR) is 73.0 cm³/mol. The highest BCUT2D eigenvalue weighted by Crippen LogP contribution is 2.24. The first kappa shape index (κ1) is 14.3. The molecule has 0 aliphatic rings. The Hall–Kier alpha value is -1.77. The molecule has 0 aliphatic heterocycles. The van der Waals surface area contributed by atoms with Gasteiger partial charge in [-0.2, -0.15) is 0 Å². The van der Waals surface area contributed by atoms with E-state index in [0.717, 1.165) is 23.3 Å². The van der Waals surface area contributed by atoms with Crippen LogP contribution in [0.2, 0.25) is 0 Å². The lowest BCUT2D eigenvalue weighted by atomic mass is 10.0. The molecule has 18 heavy (non-hydrogen) atoms. The largest absolute Gasteiger partial charge is 0.496 e. The molecule has 1 rings (SSSR count). The van der Waals surface area contributed by atoms with Crippen LogP contribution in [-0.4, -0.2) is 18.2 Å². The number of benzene rings is 1. The molecule has 1 N–H and O–H groups in total. The van der Waals surface area contributed by atoms with Crippen molar-refractivity contribution in [3.63, 3.8) is 0 Å². The number of aliphatic carboxylic acids is 1. The van der Waals surface area contributed by atoms with Crippen molar-refractivity contribution < 1.29 is 14.6 Å². The van der Waals surface area contributed by atoms with Gasteiger partial charge < -0.3 is 9.84 Å². The number of methoxy groups -OCH3 is 1. The number of carbonyl (C=O) groups is 1. The van der Waals surface area contributed by atoms with Gasteiger partial charge in [-0.05, 0) is 49.4 Å². The summed E-state index contributed by atoms with van der Waals surface area (Å²) in [6.07, 6.45) is 5.77. The number of rotatable bonds is 6. The molecule has 98 valence electrons. The second-order valence-electron chi connectivity index (χ2n) is 4.30. The minimum Gasteiger partial charge on any atom is -0.496 e. The van der Waals surface area contributed by atoms with Crippen LogP contribution in [0, 0.1) is 13.8 Å². The van der Waals surface area contributed by atoms with E-state index in [1.807, 2.05) is 31.2 Å². The van der Waals surface area contributed by atoms with Crippen LogP contribution in [0.1, 0.15) is 36.0 Å². The van der Waals surface area contributed by atoms with Crippen LogP contribution in [0.4, 0.5) is 0 Å². The minimum absolute atomic E-state index is 0.227. The number of allylic oxidation sites excluding steroid dienone is 1. The van der Waals surface area contributed by atoms with Gasteiger partial charge in [0.15, 0.2) is 0 Å². The quantitative estimate of drug-likeness (QED) is 0.783. The van der Waals surface area contributed by atoms with E-state index in [4.69, 9.17) is 9.84 Å². The summed E-state index contributed by atoms with van der Waals surface area (Å²) in [6.45, 7) is 4.10. The van der Waals surface area contributed by atoms with E-state index >= 15 is 0 Å². The summed E-state index contributed by atoms with van der Waals surface area (Å²) >= 11 is 0. The summed E-state index contributed by atoms with van der Waals surface area (Å²) in [5.74, 6) is 0.162. The third-order valence-corrected chi connectivity index (χ3v) is 3.06.